The Bertz CT molecular complexity index is 2860. The van der Waals surface area contributed by atoms with E-state index >= 15 is 0 Å². The molecule has 0 saturated heterocycles. The largest absolute Gasteiger partial charge is 0.247 e. The molecule has 56 heavy (non-hydrogen) atoms. The molecule has 262 valence electrons. The highest BCUT2D eigenvalue weighted by Gasteiger charge is 2.18. The minimum Gasteiger partial charge on any atom is -0.247 e. The molecule has 10 rings (SSSR count). The van der Waals surface area contributed by atoms with Crippen LogP contribution in [-0.4, -0.2) is 19.9 Å². The maximum atomic E-state index is 5.29. The first-order valence-corrected chi connectivity index (χ1v) is 18.8. The van der Waals surface area contributed by atoms with Crippen LogP contribution >= 0.6 is 0 Å². The number of pyridine rings is 1. The zero-order valence-corrected chi connectivity index (χ0v) is 30.4. The quantitative estimate of drug-likeness (QED) is 0.154. The summed E-state index contributed by atoms with van der Waals surface area (Å²) in [6, 6.07) is 71.6. The van der Waals surface area contributed by atoms with E-state index in [-0.39, 0.29) is 0 Å². The average molecular weight is 715 g/mol. The standard InChI is InChI=1S/C52H34N4/c1-5-14-35(15-6-1)37-24-28-41(29-25-37)50-54-51(42-30-26-38(27-31-42)36-16-7-2-8-17-36)56-52(55-50)43-32-33-47-46(34-43)48-44(39-18-9-3-10-19-39)22-13-23-45(48)49(53-47)40-20-11-4-12-21-40/h1-34H. The molecule has 4 nitrogen and oxygen atoms in total. The van der Waals surface area contributed by atoms with Crippen LogP contribution in [-0.2, 0) is 0 Å². The molecule has 0 fully saturated rings. The first kappa shape index (κ1) is 33.0. The predicted molar refractivity (Wildman–Crippen MR) is 231 cm³/mol. The van der Waals surface area contributed by atoms with Gasteiger partial charge in [0.2, 0.25) is 0 Å². The highest BCUT2D eigenvalue weighted by Crippen LogP contribution is 2.40. The van der Waals surface area contributed by atoms with E-state index in [0.717, 1.165) is 83.0 Å². The molecule has 0 N–H and O–H groups in total. The van der Waals surface area contributed by atoms with E-state index in [2.05, 4.69) is 188 Å². The molecular weight excluding hydrogens is 681 g/mol. The molecule has 0 unspecified atom stereocenters. The third-order valence-electron chi connectivity index (χ3n) is 10.3. The minimum atomic E-state index is 0.601. The highest BCUT2D eigenvalue weighted by atomic mass is 15.0. The van der Waals surface area contributed by atoms with Gasteiger partial charge in [0.1, 0.15) is 0 Å². The molecule has 0 aliphatic carbocycles. The zero-order valence-electron chi connectivity index (χ0n) is 30.4. The molecular formula is C52H34N4. The van der Waals surface area contributed by atoms with Gasteiger partial charge in [-0.15, -0.1) is 0 Å². The van der Waals surface area contributed by atoms with Crippen molar-refractivity contribution in [3.05, 3.63) is 206 Å². The van der Waals surface area contributed by atoms with Gasteiger partial charge in [0.05, 0.1) is 11.2 Å². The zero-order chi connectivity index (χ0) is 37.3. The topological polar surface area (TPSA) is 51.6 Å². The molecule has 0 aliphatic rings. The average Bonchev–Trinajstić information content (AvgIpc) is 3.29. The molecule has 0 saturated carbocycles. The lowest BCUT2D eigenvalue weighted by molar-refractivity contribution is 1.07. The SMILES string of the molecule is c1ccc(-c2ccc(-c3nc(-c4ccc(-c5ccccc5)cc4)nc(-c4ccc5nc(-c6ccccc6)c6cccc(-c7ccccc7)c6c5c4)n3)cc2)cc1. The molecule has 0 bridgehead atoms. The summed E-state index contributed by atoms with van der Waals surface area (Å²) >= 11 is 0. The van der Waals surface area contributed by atoms with Gasteiger partial charge in [-0.3, -0.25) is 0 Å². The normalized spacial score (nSPS) is 11.2. The maximum Gasteiger partial charge on any atom is 0.164 e. The summed E-state index contributed by atoms with van der Waals surface area (Å²) in [7, 11) is 0. The van der Waals surface area contributed by atoms with Gasteiger partial charge in [0.25, 0.3) is 0 Å². The Morgan fingerprint density at radius 2 is 0.661 bits per heavy atom. The second kappa shape index (κ2) is 14.3. The molecule has 2 aromatic heterocycles. The highest BCUT2D eigenvalue weighted by molar-refractivity contribution is 6.17. The van der Waals surface area contributed by atoms with Crippen molar-refractivity contribution in [3.8, 4) is 78.8 Å². The third kappa shape index (κ3) is 6.29. The van der Waals surface area contributed by atoms with Crippen molar-refractivity contribution in [1.29, 1.82) is 0 Å². The van der Waals surface area contributed by atoms with Crippen LogP contribution in [0.3, 0.4) is 0 Å². The van der Waals surface area contributed by atoms with Gasteiger partial charge in [-0.05, 0) is 51.6 Å². The van der Waals surface area contributed by atoms with Crippen molar-refractivity contribution in [2.45, 2.75) is 0 Å². The van der Waals surface area contributed by atoms with E-state index in [1.54, 1.807) is 0 Å². The number of hydrogen-bond donors (Lipinski definition) is 0. The molecule has 10 aromatic rings. The summed E-state index contributed by atoms with van der Waals surface area (Å²) in [5, 5.41) is 3.28. The van der Waals surface area contributed by atoms with Crippen molar-refractivity contribution >= 4 is 21.7 Å². The molecule has 0 aliphatic heterocycles. The lowest BCUT2D eigenvalue weighted by atomic mass is 9.92. The Morgan fingerprint density at radius 1 is 0.250 bits per heavy atom. The summed E-state index contributed by atoms with van der Waals surface area (Å²) in [4.78, 5) is 20.7. The fraction of sp³-hybridized carbons (Fsp3) is 0. The minimum absolute atomic E-state index is 0.601. The van der Waals surface area contributed by atoms with Crippen LogP contribution in [0.5, 0.6) is 0 Å². The monoisotopic (exact) mass is 714 g/mol. The summed E-state index contributed by atoms with van der Waals surface area (Å²) in [5.41, 5.74) is 12.6. The van der Waals surface area contributed by atoms with Gasteiger partial charge >= 0.3 is 0 Å². The van der Waals surface area contributed by atoms with E-state index in [4.69, 9.17) is 19.9 Å². The van der Waals surface area contributed by atoms with Crippen LogP contribution in [0.25, 0.3) is 100 Å². The van der Waals surface area contributed by atoms with Crippen LogP contribution in [0.2, 0.25) is 0 Å². The summed E-state index contributed by atoms with van der Waals surface area (Å²) in [6.45, 7) is 0. The number of fused-ring (bicyclic) bond motifs is 3. The van der Waals surface area contributed by atoms with Crippen molar-refractivity contribution in [3.63, 3.8) is 0 Å². The lowest BCUT2D eigenvalue weighted by Crippen LogP contribution is -2.00. The van der Waals surface area contributed by atoms with Gasteiger partial charge in [-0.25, -0.2) is 19.9 Å². The number of nitrogens with zero attached hydrogens (tertiary/aromatic N) is 4. The van der Waals surface area contributed by atoms with Crippen LogP contribution < -0.4 is 0 Å². The number of rotatable bonds is 7. The molecule has 0 amide bonds. The Balaban J connectivity index is 1.16. The van der Waals surface area contributed by atoms with Crippen molar-refractivity contribution in [2.24, 2.45) is 0 Å². The summed E-state index contributed by atoms with van der Waals surface area (Å²) in [5.74, 6) is 1.83. The second-order valence-corrected chi connectivity index (χ2v) is 13.8. The van der Waals surface area contributed by atoms with E-state index in [1.807, 2.05) is 18.2 Å². The van der Waals surface area contributed by atoms with Gasteiger partial charge in [0.15, 0.2) is 17.5 Å². The van der Waals surface area contributed by atoms with Crippen LogP contribution in [0.1, 0.15) is 0 Å². The van der Waals surface area contributed by atoms with Crippen LogP contribution in [0.4, 0.5) is 0 Å². The van der Waals surface area contributed by atoms with E-state index in [1.165, 1.54) is 0 Å². The van der Waals surface area contributed by atoms with Gasteiger partial charge in [-0.2, -0.15) is 0 Å². The Labute approximate surface area is 325 Å². The van der Waals surface area contributed by atoms with Crippen LogP contribution in [0, 0.1) is 0 Å². The first-order valence-electron chi connectivity index (χ1n) is 18.8. The van der Waals surface area contributed by atoms with Gasteiger partial charge < -0.3 is 0 Å². The molecule has 2 heterocycles. The van der Waals surface area contributed by atoms with E-state index in [9.17, 15) is 0 Å². The molecule has 8 aromatic carbocycles. The first-order chi connectivity index (χ1) is 27.7. The molecule has 4 heteroatoms. The second-order valence-electron chi connectivity index (χ2n) is 13.8. The summed E-state index contributed by atoms with van der Waals surface area (Å²) in [6.07, 6.45) is 0. The molecule has 0 atom stereocenters. The smallest absolute Gasteiger partial charge is 0.164 e. The number of benzene rings is 8. The fourth-order valence-electron chi connectivity index (χ4n) is 7.52. The van der Waals surface area contributed by atoms with Gasteiger partial charge in [0, 0.05) is 38.4 Å². The van der Waals surface area contributed by atoms with E-state index < -0.39 is 0 Å². The van der Waals surface area contributed by atoms with Crippen molar-refractivity contribution < 1.29 is 0 Å². The molecule has 0 spiro atoms. The Hall–Kier alpha value is -7.56. The molecule has 0 radical (unpaired) electrons. The lowest BCUT2D eigenvalue weighted by Gasteiger charge is -2.15. The Kier molecular flexibility index (Phi) is 8.47. The Morgan fingerprint density at radius 3 is 1.18 bits per heavy atom. The number of aromatic nitrogens is 4. The van der Waals surface area contributed by atoms with Gasteiger partial charge in [-0.1, -0.05) is 188 Å². The maximum absolute atomic E-state index is 5.29. The number of hydrogen-bond acceptors (Lipinski definition) is 4. The van der Waals surface area contributed by atoms with Crippen molar-refractivity contribution in [2.75, 3.05) is 0 Å². The summed E-state index contributed by atoms with van der Waals surface area (Å²) < 4.78 is 0. The fourth-order valence-corrected chi connectivity index (χ4v) is 7.52. The van der Waals surface area contributed by atoms with E-state index in [0.29, 0.717) is 17.5 Å². The van der Waals surface area contributed by atoms with Crippen molar-refractivity contribution in [1.82, 2.24) is 19.9 Å². The predicted octanol–water partition coefficient (Wildman–Crippen LogP) is 13.2. The van der Waals surface area contributed by atoms with Crippen LogP contribution in [0.15, 0.2) is 206 Å². The third-order valence-corrected chi connectivity index (χ3v) is 10.3.